The Morgan fingerprint density at radius 1 is 1.16 bits per heavy atom. The van der Waals surface area contributed by atoms with Crippen molar-refractivity contribution >= 4 is 67.2 Å². The van der Waals surface area contributed by atoms with Crippen LogP contribution in [0.2, 0.25) is 10.2 Å². The standard InChI is InChI=1S/C22H18BrCl2N3O3S/c1-15-26-22(25)20(28(15)14-17-7-8-18(23)13-19(17)24)9-10-21(29)27-32(30,31)12-11-16-5-3-2-4-6-16/h2-13H,14H2,1H3,(H,27,29)/b10-9+,12-11+. The number of imidazole rings is 1. The Kier molecular flexibility index (Phi) is 7.95. The molecule has 1 heterocycles. The minimum atomic E-state index is -3.97. The molecule has 0 unspecified atom stereocenters. The Morgan fingerprint density at radius 2 is 1.88 bits per heavy atom. The summed E-state index contributed by atoms with van der Waals surface area (Å²) in [5, 5.41) is 1.68. The maximum atomic E-state index is 12.2. The molecule has 0 bridgehead atoms. The zero-order valence-electron chi connectivity index (χ0n) is 16.8. The lowest BCUT2D eigenvalue weighted by Gasteiger charge is -2.10. The number of amides is 1. The Labute approximate surface area is 204 Å². The van der Waals surface area contributed by atoms with Gasteiger partial charge in [-0.25, -0.2) is 18.1 Å². The lowest BCUT2D eigenvalue weighted by Crippen LogP contribution is -2.26. The predicted octanol–water partition coefficient (Wildman–Crippen LogP) is 5.44. The molecule has 3 aromatic rings. The number of hydrogen-bond acceptors (Lipinski definition) is 4. The first-order valence-electron chi connectivity index (χ1n) is 9.29. The smallest absolute Gasteiger partial charge is 0.257 e. The number of hydrogen-bond donors (Lipinski definition) is 1. The highest BCUT2D eigenvalue weighted by molar-refractivity contribution is 9.10. The van der Waals surface area contributed by atoms with Gasteiger partial charge in [-0.15, -0.1) is 0 Å². The maximum absolute atomic E-state index is 12.2. The van der Waals surface area contributed by atoms with Crippen LogP contribution in [0.5, 0.6) is 0 Å². The zero-order valence-corrected chi connectivity index (χ0v) is 20.7. The molecule has 3 rings (SSSR count). The molecule has 0 saturated carbocycles. The van der Waals surface area contributed by atoms with E-state index in [0.717, 1.165) is 21.5 Å². The van der Waals surface area contributed by atoms with Crippen LogP contribution in [0.1, 0.15) is 22.6 Å². The number of halogens is 3. The van der Waals surface area contributed by atoms with Crippen LogP contribution in [0, 0.1) is 6.92 Å². The normalized spacial score (nSPS) is 12.0. The molecule has 6 nitrogen and oxygen atoms in total. The molecule has 1 amide bonds. The van der Waals surface area contributed by atoms with Crippen molar-refractivity contribution in [3.63, 3.8) is 0 Å². The van der Waals surface area contributed by atoms with Crippen LogP contribution in [-0.2, 0) is 21.4 Å². The second-order valence-corrected chi connectivity index (χ2v) is 9.96. The van der Waals surface area contributed by atoms with E-state index < -0.39 is 15.9 Å². The minimum absolute atomic E-state index is 0.187. The summed E-state index contributed by atoms with van der Waals surface area (Å²) in [6.45, 7) is 2.14. The van der Waals surface area contributed by atoms with Gasteiger partial charge in [0.1, 0.15) is 5.82 Å². The largest absolute Gasteiger partial charge is 0.323 e. The summed E-state index contributed by atoms with van der Waals surface area (Å²) in [6, 6.07) is 14.4. The van der Waals surface area contributed by atoms with Crippen LogP contribution < -0.4 is 4.72 Å². The van der Waals surface area contributed by atoms with E-state index in [1.54, 1.807) is 41.8 Å². The van der Waals surface area contributed by atoms with Crippen LogP contribution >= 0.6 is 39.1 Å². The summed E-state index contributed by atoms with van der Waals surface area (Å²) in [5.74, 6) is -0.196. The van der Waals surface area contributed by atoms with Crippen molar-refractivity contribution in [1.82, 2.24) is 14.3 Å². The molecule has 0 aliphatic carbocycles. The van der Waals surface area contributed by atoms with Crippen molar-refractivity contribution in [2.24, 2.45) is 0 Å². The highest BCUT2D eigenvalue weighted by Crippen LogP contribution is 2.25. The van der Waals surface area contributed by atoms with E-state index in [0.29, 0.717) is 28.6 Å². The van der Waals surface area contributed by atoms with Crippen molar-refractivity contribution in [3.8, 4) is 0 Å². The van der Waals surface area contributed by atoms with Gasteiger partial charge in [0.25, 0.3) is 15.9 Å². The number of carbonyl (C=O) groups excluding carboxylic acids is 1. The lowest BCUT2D eigenvalue weighted by atomic mass is 10.2. The molecular weight excluding hydrogens is 537 g/mol. The van der Waals surface area contributed by atoms with Gasteiger partial charge in [0, 0.05) is 15.6 Å². The molecule has 0 saturated heterocycles. The average molecular weight is 555 g/mol. The molecule has 0 radical (unpaired) electrons. The number of carbonyl (C=O) groups is 1. The number of aryl methyl sites for hydroxylation is 1. The highest BCUT2D eigenvalue weighted by atomic mass is 79.9. The van der Waals surface area contributed by atoms with Crippen molar-refractivity contribution < 1.29 is 13.2 Å². The van der Waals surface area contributed by atoms with Gasteiger partial charge in [-0.1, -0.05) is 75.5 Å². The summed E-state index contributed by atoms with van der Waals surface area (Å²) < 4.78 is 28.9. The summed E-state index contributed by atoms with van der Waals surface area (Å²) in [4.78, 5) is 16.4. The van der Waals surface area contributed by atoms with E-state index in [1.165, 1.54) is 12.2 Å². The third-order valence-corrected chi connectivity index (χ3v) is 6.47. The van der Waals surface area contributed by atoms with E-state index in [9.17, 15) is 13.2 Å². The van der Waals surface area contributed by atoms with Gasteiger partial charge in [0.05, 0.1) is 17.6 Å². The lowest BCUT2D eigenvalue weighted by molar-refractivity contribution is -0.114. The summed E-state index contributed by atoms with van der Waals surface area (Å²) >= 11 is 15.9. The maximum Gasteiger partial charge on any atom is 0.257 e. The summed E-state index contributed by atoms with van der Waals surface area (Å²) in [6.07, 6.45) is 3.91. The quantitative estimate of drug-likeness (QED) is 0.394. The second kappa shape index (κ2) is 10.5. The number of benzene rings is 2. The van der Waals surface area contributed by atoms with E-state index in [4.69, 9.17) is 23.2 Å². The summed E-state index contributed by atoms with van der Waals surface area (Å²) in [5.41, 5.74) is 1.98. The molecule has 32 heavy (non-hydrogen) atoms. The molecule has 0 fully saturated rings. The van der Waals surface area contributed by atoms with Crippen molar-refractivity contribution in [1.29, 1.82) is 0 Å². The zero-order chi connectivity index (χ0) is 23.3. The van der Waals surface area contributed by atoms with Gasteiger partial charge in [-0.05, 0) is 42.3 Å². The van der Waals surface area contributed by atoms with Crippen LogP contribution in [0.25, 0.3) is 12.2 Å². The Bertz CT molecular complexity index is 1300. The SMILES string of the molecule is Cc1nc(Cl)c(/C=C/C(=O)NS(=O)(=O)/C=C/c2ccccc2)n1Cc1ccc(Br)cc1Cl. The number of nitrogens with zero attached hydrogens (tertiary/aromatic N) is 2. The van der Waals surface area contributed by atoms with Crippen LogP contribution in [0.3, 0.4) is 0 Å². The molecule has 0 atom stereocenters. The fourth-order valence-electron chi connectivity index (χ4n) is 2.82. The van der Waals surface area contributed by atoms with Gasteiger partial charge < -0.3 is 4.57 Å². The molecule has 0 aliphatic heterocycles. The number of aromatic nitrogens is 2. The molecule has 10 heteroatoms. The number of sulfonamides is 1. The van der Waals surface area contributed by atoms with Crippen LogP contribution in [0.15, 0.2) is 64.5 Å². The predicted molar refractivity (Wildman–Crippen MR) is 132 cm³/mol. The molecular formula is C22H18BrCl2N3O3S. The third-order valence-electron chi connectivity index (χ3n) is 4.37. The van der Waals surface area contributed by atoms with E-state index in [1.807, 2.05) is 22.9 Å². The first-order valence-corrected chi connectivity index (χ1v) is 12.4. The number of nitrogens with one attached hydrogen (secondary N) is 1. The fourth-order valence-corrected chi connectivity index (χ4v) is 4.59. The molecule has 2 aromatic carbocycles. The molecule has 166 valence electrons. The van der Waals surface area contributed by atoms with Crippen LogP contribution in [0.4, 0.5) is 0 Å². The first kappa shape index (κ1) is 24.3. The Balaban J connectivity index is 1.76. The van der Waals surface area contributed by atoms with Gasteiger partial charge in [0.15, 0.2) is 5.15 Å². The van der Waals surface area contributed by atoms with Gasteiger partial charge in [-0.2, -0.15) is 0 Å². The topological polar surface area (TPSA) is 81.1 Å². The molecule has 0 aliphatic rings. The molecule has 1 aromatic heterocycles. The Hall–Kier alpha value is -2.39. The van der Waals surface area contributed by atoms with E-state index in [2.05, 4.69) is 20.9 Å². The number of rotatable bonds is 7. The van der Waals surface area contributed by atoms with Gasteiger partial charge in [0.2, 0.25) is 0 Å². The molecule has 0 spiro atoms. The van der Waals surface area contributed by atoms with Crippen molar-refractivity contribution in [3.05, 3.63) is 97.3 Å². The van der Waals surface area contributed by atoms with Crippen LogP contribution in [-0.4, -0.2) is 23.9 Å². The second-order valence-electron chi connectivity index (χ2n) is 6.72. The fraction of sp³-hybridized carbons (Fsp3) is 0.0909. The molecule has 1 N–H and O–H groups in total. The Morgan fingerprint density at radius 3 is 2.56 bits per heavy atom. The van der Waals surface area contributed by atoms with E-state index in [-0.39, 0.29) is 5.15 Å². The highest BCUT2D eigenvalue weighted by Gasteiger charge is 2.14. The summed E-state index contributed by atoms with van der Waals surface area (Å²) in [7, 11) is -3.97. The minimum Gasteiger partial charge on any atom is -0.323 e. The van der Waals surface area contributed by atoms with Crippen molar-refractivity contribution in [2.75, 3.05) is 0 Å². The van der Waals surface area contributed by atoms with Gasteiger partial charge >= 0.3 is 0 Å². The third kappa shape index (κ3) is 6.56. The average Bonchev–Trinajstić information content (AvgIpc) is 3.00. The van der Waals surface area contributed by atoms with E-state index >= 15 is 0 Å². The van der Waals surface area contributed by atoms with Crippen molar-refractivity contribution in [2.45, 2.75) is 13.5 Å². The monoisotopic (exact) mass is 553 g/mol. The first-order chi connectivity index (χ1) is 15.1. The van der Waals surface area contributed by atoms with Gasteiger partial charge in [-0.3, -0.25) is 4.79 Å².